The first-order valence-electron chi connectivity index (χ1n) is 6.58. The number of halogens is 3. The molecule has 0 spiro atoms. The van der Waals surface area contributed by atoms with E-state index in [0.717, 1.165) is 30.7 Å². The van der Waals surface area contributed by atoms with Gasteiger partial charge in [-0.3, -0.25) is 10.2 Å². The van der Waals surface area contributed by atoms with E-state index in [9.17, 15) is 18.0 Å². The van der Waals surface area contributed by atoms with Crippen molar-refractivity contribution in [1.29, 1.82) is 0 Å². The molecule has 0 radical (unpaired) electrons. The summed E-state index contributed by atoms with van der Waals surface area (Å²) < 4.78 is 38.6. The van der Waals surface area contributed by atoms with Crippen LogP contribution in [0.1, 0.15) is 51.9 Å². The summed E-state index contributed by atoms with van der Waals surface area (Å²) in [5, 5.41) is 1.04. The standard InChI is InChI=1S/C12H21F3N2O/c1-2-3-4-5-6-7-10(12(13,14)15)17-9-8-11(18)16-17/h10H,2-9H2,1H3,(H,16,18)/t10-/m0/s1. The van der Waals surface area contributed by atoms with Crippen LogP contribution in [0.3, 0.4) is 0 Å². The maximum absolute atomic E-state index is 12.9. The van der Waals surface area contributed by atoms with Crippen molar-refractivity contribution in [3.63, 3.8) is 0 Å². The van der Waals surface area contributed by atoms with Crippen LogP contribution in [0.4, 0.5) is 13.2 Å². The second-order valence-electron chi connectivity index (χ2n) is 4.74. The Morgan fingerprint density at radius 2 is 1.94 bits per heavy atom. The fraction of sp³-hybridized carbons (Fsp3) is 0.917. The van der Waals surface area contributed by atoms with E-state index in [-0.39, 0.29) is 25.3 Å². The number of hydrazine groups is 1. The molecule has 1 amide bonds. The molecule has 18 heavy (non-hydrogen) atoms. The number of hydrogen-bond donors (Lipinski definition) is 1. The molecule has 0 aromatic carbocycles. The van der Waals surface area contributed by atoms with Crippen LogP contribution in [0.5, 0.6) is 0 Å². The maximum Gasteiger partial charge on any atom is 0.405 e. The van der Waals surface area contributed by atoms with Crippen LogP contribution in [0.25, 0.3) is 0 Å². The number of carbonyl (C=O) groups excluding carboxylic acids is 1. The predicted octanol–water partition coefficient (Wildman–Crippen LogP) is 3.01. The van der Waals surface area contributed by atoms with Crippen molar-refractivity contribution in [3.05, 3.63) is 0 Å². The highest BCUT2D eigenvalue weighted by atomic mass is 19.4. The van der Waals surface area contributed by atoms with Crippen molar-refractivity contribution in [3.8, 4) is 0 Å². The maximum atomic E-state index is 12.9. The molecule has 1 aliphatic heterocycles. The van der Waals surface area contributed by atoms with Gasteiger partial charge in [0, 0.05) is 13.0 Å². The number of rotatable bonds is 7. The highest BCUT2D eigenvalue weighted by Gasteiger charge is 2.45. The van der Waals surface area contributed by atoms with Crippen molar-refractivity contribution in [2.24, 2.45) is 0 Å². The molecule has 6 heteroatoms. The van der Waals surface area contributed by atoms with E-state index in [1.54, 1.807) is 0 Å². The van der Waals surface area contributed by atoms with Crippen molar-refractivity contribution < 1.29 is 18.0 Å². The lowest BCUT2D eigenvalue weighted by Gasteiger charge is -2.28. The van der Waals surface area contributed by atoms with Gasteiger partial charge in [-0.1, -0.05) is 39.0 Å². The first kappa shape index (κ1) is 15.3. The Hall–Kier alpha value is -0.780. The van der Waals surface area contributed by atoms with E-state index in [1.165, 1.54) is 0 Å². The van der Waals surface area contributed by atoms with E-state index in [1.807, 2.05) is 0 Å². The van der Waals surface area contributed by atoms with Crippen LogP contribution in [-0.2, 0) is 4.79 Å². The van der Waals surface area contributed by atoms with Crippen LogP contribution >= 0.6 is 0 Å². The summed E-state index contributed by atoms with van der Waals surface area (Å²) in [6, 6.07) is -1.54. The van der Waals surface area contributed by atoms with Crippen molar-refractivity contribution in [1.82, 2.24) is 10.4 Å². The number of nitrogens with one attached hydrogen (secondary N) is 1. The van der Waals surface area contributed by atoms with Crippen molar-refractivity contribution >= 4 is 5.91 Å². The zero-order valence-corrected chi connectivity index (χ0v) is 10.7. The molecule has 0 unspecified atom stereocenters. The molecule has 1 saturated heterocycles. The highest BCUT2D eigenvalue weighted by Crippen LogP contribution is 2.29. The molecule has 1 fully saturated rings. The monoisotopic (exact) mass is 266 g/mol. The highest BCUT2D eigenvalue weighted by molar-refractivity contribution is 5.77. The van der Waals surface area contributed by atoms with Crippen LogP contribution in [0, 0.1) is 0 Å². The van der Waals surface area contributed by atoms with Crippen LogP contribution < -0.4 is 5.43 Å². The van der Waals surface area contributed by atoms with Gasteiger partial charge < -0.3 is 0 Å². The molecule has 0 bridgehead atoms. The number of alkyl halides is 3. The lowest BCUT2D eigenvalue weighted by molar-refractivity contribution is -0.190. The average Bonchev–Trinajstić information content (AvgIpc) is 2.68. The van der Waals surface area contributed by atoms with E-state index < -0.39 is 12.2 Å². The summed E-state index contributed by atoms with van der Waals surface area (Å²) in [7, 11) is 0. The largest absolute Gasteiger partial charge is 0.405 e. The zero-order valence-electron chi connectivity index (χ0n) is 10.7. The summed E-state index contributed by atoms with van der Waals surface area (Å²) in [6.07, 6.45) is 0.437. The first-order valence-corrected chi connectivity index (χ1v) is 6.58. The summed E-state index contributed by atoms with van der Waals surface area (Å²) >= 11 is 0. The lowest BCUT2D eigenvalue weighted by atomic mass is 10.1. The Labute approximate surface area is 106 Å². The third-order valence-corrected chi connectivity index (χ3v) is 3.18. The fourth-order valence-electron chi connectivity index (χ4n) is 2.17. The quantitative estimate of drug-likeness (QED) is 0.718. The number of unbranched alkanes of at least 4 members (excludes halogenated alkanes) is 4. The van der Waals surface area contributed by atoms with E-state index in [2.05, 4.69) is 12.3 Å². The van der Waals surface area contributed by atoms with Gasteiger partial charge >= 0.3 is 6.18 Å². The number of hydrogen-bond acceptors (Lipinski definition) is 2. The Kier molecular flexibility index (Phi) is 5.91. The van der Waals surface area contributed by atoms with E-state index in [0.29, 0.717) is 6.42 Å². The normalized spacial score (nSPS) is 19.0. The average molecular weight is 266 g/mol. The van der Waals surface area contributed by atoms with Crippen LogP contribution in [0.2, 0.25) is 0 Å². The van der Waals surface area contributed by atoms with Gasteiger partial charge in [-0.05, 0) is 6.42 Å². The molecule has 1 rings (SSSR count). The van der Waals surface area contributed by atoms with E-state index >= 15 is 0 Å². The Morgan fingerprint density at radius 3 is 2.44 bits per heavy atom. The van der Waals surface area contributed by atoms with Gasteiger partial charge in [-0.2, -0.15) is 13.2 Å². The third-order valence-electron chi connectivity index (χ3n) is 3.18. The minimum absolute atomic E-state index is 0.0630. The first-order chi connectivity index (χ1) is 8.45. The molecule has 1 N–H and O–H groups in total. The second kappa shape index (κ2) is 6.97. The van der Waals surface area contributed by atoms with Gasteiger partial charge in [0.15, 0.2) is 0 Å². The van der Waals surface area contributed by atoms with Gasteiger partial charge in [0.25, 0.3) is 0 Å². The zero-order chi connectivity index (χ0) is 13.6. The predicted molar refractivity (Wildman–Crippen MR) is 62.7 cm³/mol. The van der Waals surface area contributed by atoms with Crippen molar-refractivity contribution in [2.75, 3.05) is 6.54 Å². The van der Waals surface area contributed by atoms with Crippen LogP contribution in [-0.4, -0.2) is 29.7 Å². The van der Waals surface area contributed by atoms with Crippen molar-refractivity contribution in [2.45, 2.75) is 64.1 Å². The SMILES string of the molecule is CCCCCCC[C@H](N1CCC(=O)N1)C(F)(F)F. The van der Waals surface area contributed by atoms with Gasteiger partial charge in [0.2, 0.25) is 5.91 Å². The molecule has 0 aromatic rings. The molecule has 1 atom stereocenters. The smallest absolute Gasteiger partial charge is 0.288 e. The molecule has 0 aliphatic carbocycles. The molecule has 0 saturated carbocycles. The molecule has 3 nitrogen and oxygen atoms in total. The molecule has 1 aliphatic rings. The molecule has 106 valence electrons. The molecule has 1 heterocycles. The molecular weight excluding hydrogens is 245 g/mol. The Morgan fingerprint density at radius 1 is 1.28 bits per heavy atom. The Balaban J connectivity index is 2.39. The van der Waals surface area contributed by atoms with Gasteiger partial charge in [-0.25, -0.2) is 5.01 Å². The topological polar surface area (TPSA) is 32.3 Å². The van der Waals surface area contributed by atoms with Crippen LogP contribution in [0.15, 0.2) is 0 Å². The summed E-state index contributed by atoms with van der Waals surface area (Å²) in [6.45, 7) is 2.22. The number of carbonyl (C=O) groups is 1. The minimum Gasteiger partial charge on any atom is -0.288 e. The van der Waals surface area contributed by atoms with Gasteiger partial charge in [-0.15, -0.1) is 0 Å². The van der Waals surface area contributed by atoms with Gasteiger partial charge in [0.1, 0.15) is 6.04 Å². The summed E-state index contributed by atoms with van der Waals surface area (Å²) in [4.78, 5) is 11.0. The third kappa shape index (κ3) is 4.84. The van der Waals surface area contributed by atoms with E-state index in [4.69, 9.17) is 0 Å². The summed E-state index contributed by atoms with van der Waals surface area (Å²) in [5.41, 5.74) is 2.29. The fourth-order valence-corrected chi connectivity index (χ4v) is 2.17. The number of nitrogens with zero attached hydrogens (tertiary/aromatic N) is 1. The second-order valence-corrected chi connectivity index (χ2v) is 4.74. The molecular formula is C12H21F3N2O. The Bertz CT molecular complexity index is 269. The summed E-state index contributed by atoms with van der Waals surface area (Å²) in [5.74, 6) is -0.324. The molecule has 0 aromatic heterocycles. The lowest BCUT2D eigenvalue weighted by Crippen LogP contribution is -2.49. The van der Waals surface area contributed by atoms with Gasteiger partial charge in [0.05, 0.1) is 0 Å². The minimum atomic E-state index is -4.28. The number of amides is 1.